The molecule has 1 fully saturated rings. The fraction of sp³-hybridized carbons (Fsp3) is 0.519. The maximum Gasteiger partial charge on any atom is 0.391 e. The molecule has 1 aliphatic heterocycles. The topological polar surface area (TPSA) is 86.7 Å². The lowest BCUT2D eigenvalue weighted by Gasteiger charge is -2.32. The number of hydrogen-bond donors (Lipinski definition) is 2. The summed E-state index contributed by atoms with van der Waals surface area (Å²) < 4.78 is 62.9. The molecule has 37 heavy (non-hydrogen) atoms. The summed E-state index contributed by atoms with van der Waals surface area (Å²) in [6, 6.07) is 10.9. The van der Waals surface area contributed by atoms with Gasteiger partial charge in [-0.05, 0) is 72.6 Å². The second-order valence-electron chi connectivity index (χ2n) is 10.1. The van der Waals surface area contributed by atoms with Gasteiger partial charge in [0.25, 0.3) is 5.91 Å². The first-order chi connectivity index (χ1) is 17.5. The van der Waals surface area contributed by atoms with Crippen LogP contribution >= 0.6 is 0 Å². The highest BCUT2D eigenvalue weighted by molar-refractivity contribution is 7.91. The molecule has 2 aliphatic rings. The van der Waals surface area contributed by atoms with Gasteiger partial charge in [-0.1, -0.05) is 25.1 Å². The quantitative estimate of drug-likeness (QED) is 0.512. The maximum atomic E-state index is 12.9. The molecule has 202 valence electrons. The van der Waals surface area contributed by atoms with Crippen LogP contribution < -0.4 is 5.32 Å². The van der Waals surface area contributed by atoms with E-state index in [9.17, 15) is 31.5 Å². The smallest absolute Gasteiger partial charge is 0.391 e. The van der Waals surface area contributed by atoms with E-state index in [2.05, 4.69) is 10.2 Å². The normalized spacial score (nSPS) is 21.4. The first-order valence-corrected chi connectivity index (χ1v) is 14.3. The third-order valence-electron chi connectivity index (χ3n) is 7.59. The van der Waals surface area contributed by atoms with Crippen molar-refractivity contribution >= 4 is 15.7 Å². The van der Waals surface area contributed by atoms with Gasteiger partial charge in [-0.3, -0.25) is 9.69 Å². The lowest BCUT2D eigenvalue weighted by atomic mass is 9.81. The summed E-state index contributed by atoms with van der Waals surface area (Å²) in [5.74, 6) is -1.29. The molecule has 2 aromatic rings. The van der Waals surface area contributed by atoms with E-state index in [1.807, 2.05) is 12.1 Å². The molecule has 1 atom stereocenters. The SMILES string of the molecule is CCS(=O)(=O)c1ccc([C@@H](CO)NC(=O)c2ccc3c(c2)CN(C[C@H]2CC[C@H](C(F)(F)F)CC2)C3)cc1. The van der Waals surface area contributed by atoms with Crippen molar-refractivity contribution in [2.45, 2.75) is 62.8 Å². The van der Waals surface area contributed by atoms with Crippen molar-refractivity contribution < 1.29 is 31.5 Å². The van der Waals surface area contributed by atoms with Crippen LogP contribution in [0, 0.1) is 11.8 Å². The summed E-state index contributed by atoms with van der Waals surface area (Å²) >= 11 is 0. The monoisotopic (exact) mass is 538 g/mol. The second kappa shape index (κ2) is 11.1. The first-order valence-electron chi connectivity index (χ1n) is 12.7. The number of amides is 1. The molecule has 2 aromatic carbocycles. The molecule has 1 aliphatic carbocycles. The summed E-state index contributed by atoms with van der Waals surface area (Å²) in [5.41, 5.74) is 3.17. The van der Waals surface area contributed by atoms with Crippen molar-refractivity contribution in [3.63, 3.8) is 0 Å². The summed E-state index contributed by atoms with van der Waals surface area (Å²) in [6.07, 6.45) is -2.54. The van der Waals surface area contributed by atoms with E-state index in [1.54, 1.807) is 25.1 Å². The van der Waals surface area contributed by atoms with Crippen molar-refractivity contribution in [1.29, 1.82) is 0 Å². The Bertz CT molecular complexity index is 1210. The van der Waals surface area contributed by atoms with Gasteiger partial charge >= 0.3 is 6.18 Å². The van der Waals surface area contributed by atoms with Crippen LogP contribution in [0.5, 0.6) is 0 Å². The Morgan fingerprint density at radius 2 is 1.70 bits per heavy atom. The Hall–Kier alpha value is -2.43. The molecule has 0 spiro atoms. The molecular weight excluding hydrogens is 505 g/mol. The fourth-order valence-corrected chi connectivity index (χ4v) is 6.21. The third-order valence-corrected chi connectivity index (χ3v) is 9.34. The molecule has 0 aromatic heterocycles. The van der Waals surface area contributed by atoms with Gasteiger partial charge < -0.3 is 10.4 Å². The van der Waals surface area contributed by atoms with Crippen molar-refractivity contribution in [1.82, 2.24) is 10.2 Å². The number of aliphatic hydroxyl groups excluding tert-OH is 1. The van der Waals surface area contributed by atoms with Crippen LogP contribution in [0.4, 0.5) is 13.2 Å². The Balaban J connectivity index is 1.35. The predicted molar refractivity (Wildman–Crippen MR) is 134 cm³/mol. The van der Waals surface area contributed by atoms with E-state index < -0.39 is 28.0 Å². The summed E-state index contributed by atoms with van der Waals surface area (Å²) in [7, 11) is -3.34. The number of benzene rings is 2. The maximum absolute atomic E-state index is 12.9. The fourth-order valence-electron chi connectivity index (χ4n) is 5.32. The molecular formula is C27H33F3N2O4S. The van der Waals surface area contributed by atoms with Gasteiger partial charge in [0.05, 0.1) is 29.2 Å². The van der Waals surface area contributed by atoms with Gasteiger partial charge in [0.2, 0.25) is 0 Å². The van der Waals surface area contributed by atoms with Gasteiger partial charge in [-0.2, -0.15) is 13.2 Å². The predicted octanol–water partition coefficient (Wildman–Crippen LogP) is 4.63. The van der Waals surface area contributed by atoms with E-state index in [0.717, 1.165) is 17.7 Å². The Kier molecular flexibility index (Phi) is 8.30. The molecule has 0 bridgehead atoms. The van der Waals surface area contributed by atoms with Crippen LogP contribution in [-0.2, 0) is 22.9 Å². The van der Waals surface area contributed by atoms with Crippen LogP contribution in [0.2, 0.25) is 0 Å². The molecule has 1 amide bonds. The molecule has 0 radical (unpaired) electrons. The van der Waals surface area contributed by atoms with Crippen molar-refractivity contribution in [2.24, 2.45) is 11.8 Å². The Morgan fingerprint density at radius 3 is 2.30 bits per heavy atom. The number of aliphatic hydroxyl groups is 1. The Morgan fingerprint density at radius 1 is 1.05 bits per heavy atom. The number of sulfone groups is 1. The van der Waals surface area contributed by atoms with Gasteiger partial charge in [-0.15, -0.1) is 0 Å². The zero-order valence-corrected chi connectivity index (χ0v) is 21.6. The summed E-state index contributed by atoms with van der Waals surface area (Å²) in [4.78, 5) is 15.4. The van der Waals surface area contributed by atoms with Crippen LogP contribution in [0.1, 0.15) is 65.7 Å². The van der Waals surface area contributed by atoms with Crippen molar-refractivity contribution in [2.75, 3.05) is 18.9 Å². The molecule has 0 unspecified atom stereocenters. The van der Waals surface area contributed by atoms with Crippen molar-refractivity contribution in [3.8, 4) is 0 Å². The number of hydrogen-bond acceptors (Lipinski definition) is 5. The number of carbonyl (C=O) groups excluding carboxylic acids is 1. The van der Waals surface area contributed by atoms with Crippen LogP contribution in [-0.4, -0.2) is 49.4 Å². The largest absolute Gasteiger partial charge is 0.394 e. The van der Waals surface area contributed by atoms with E-state index >= 15 is 0 Å². The van der Waals surface area contributed by atoms with E-state index in [4.69, 9.17) is 0 Å². The number of carbonyl (C=O) groups is 1. The summed E-state index contributed by atoms with van der Waals surface area (Å²) in [6.45, 7) is 3.33. The minimum atomic E-state index is -4.10. The average molecular weight is 539 g/mol. The molecule has 2 N–H and O–H groups in total. The third kappa shape index (κ3) is 6.53. The molecule has 4 rings (SSSR count). The number of rotatable bonds is 8. The van der Waals surface area contributed by atoms with Gasteiger partial charge in [0.15, 0.2) is 9.84 Å². The minimum Gasteiger partial charge on any atom is -0.394 e. The Labute approximate surface area is 215 Å². The zero-order valence-electron chi connectivity index (χ0n) is 20.8. The molecule has 10 heteroatoms. The summed E-state index contributed by atoms with van der Waals surface area (Å²) in [5, 5.41) is 12.7. The van der Waals surface area contributed by atoms with E-state index in [0.29, 0.717) is 37.1 Å². The number of nitrogens with one attached hydrogen (secondary N) is 1. The number of nitrogens with zero attached hydrogens (tertiary/aromatic N) is 1. The zero-order chi connectivity index (χ0) is 26.8. The van der Waals surface area contributed by atoms with Gasteiger partial charge in [0.1, 0.15) is 0 Å². The van der Waals surface area contributed by atoms with Gasteiger partial charge in [0, 0.05) is 25.2 Å². The van der Waals surface area contributed by atoms with E-state index in [1.165, 1.54) is 12.1 Å². The van der Waals surface area contributed by atoms with Crippen LogP contribution in [0.15, 0.2) is 47.4 Å². The number of halogens is 3. The highest BCUT2D eigenvalue weighted by atomic mass is 32.2. The first kappa shape index (κ1) is 27.6. The standard InChI is InChI=1S/C27H33F3N2O4S/c1-2-37(35,36)24-11-7-19(8-12-24)25(17-33)31-26(34)20-5-6-21-15-32(16-22(21)13-20)14-18-3-9-23(10-4-18)27(28,29)30/h5-8,11-13,18,23,25,33H,2-4,9-10,14-17H2,1H3,(H,31,34)/t18-,23-,25-/m1/s1. The van der Waals surface area contributed by atoms with Gasteiger partial charge in [-0.25, -0.2) is 8.42 Å². The minimum absolute atomic E-state index is 0.0125. The molecule has 1 saturated carbocycles. The molecule has 6 nitrogen and oxygen atoms in total. The molecule has 1 heterocycles. The molecule has 0 saturated heterocycles. The van der Waals surface area contributed by atoms with Crippen LogP contribution in [0.25, 0.3) is 0 Å². The van der Waals surface area contributed by atoms with Crippen molar-refractivity contribution in [3.05, 3.63) is 64.7 Å². The lowest BCUT2D eigenvalue weighted by Crippen LogP contribution is -2.32. The average Bonchev–Trinajstić information content (AvgIpc) is 3.28. The number of fused-ring (bicyclic) bond motifs is 1. The second-order valence-corrected chi connectivity index (χ2v) is 12.4. The lowest BCUT2D eigenvalue weighted by molar-refractivity contribution is -0.184. The highest BCUT2D eigenvalue weighted by Crippen LogP contribution is 2.40. The van der Waals surface area contributed by atoms with Crippen LogP contribution in [0.3, 0.4) is 0 Å². The number of alkyl halides is 3. The van der Waals surface area contributed by atoms with E-state index in [-0.39, 0.29) is 41.9 Å². The highest BCUT2D eigenvalue weighted by Gasteiger charge is 2.41.